The second-order valence-electron chi connectivity index (χ2n) is 10.3. The first-order valence-corrected chi connectivity index (χ1v) is 17.5. The fourth-order valence-electron chi connectivity index (χ4n) is 4.46. The highest BCUT2D eigenvalue weighted by atomic mass is 32.2. The molecule has 0 amide bonds. The van der Waals surface area contributed by atoms with Gasteiger partial charge in [-0.25, -0.2) is 0 Å². The highest BCUT2D eigenvalue weighted by Gasteiger charge is 2.16. The maximum Gasteiger partial charge on any atom is 0.0642 e. The molecule has 1 atom stereocenters. The summed E-state index contributed by atoms with van der Waals surface area (Å²) in [5.41, 5.74) is 8.84. The molecule has 3 nitrogen and oxygen atoms in total. The van der Waals surface area contributed by atoms with Crippen LogP contribution in [0.5, 0.6) is 0 Å². The van der Waals surface area contributed by atoms with Gasteiger partial charge in [-0.15, -0.1) is 20.7 Å². The van der Waals surface area contributed by atoms with Crippen molar-refractivity contribution in [2.24, 2.45) is 15.9 Å². The summed E-state index contributed by atoms with van der Waals surface area (Å²) in [6.07, 6.45) is 5.01. The molecule has 4 rings (SSSR count). The van der Waals surface area contributed by atoms with Gasteiger partial charge in [0.05, 0.1) is 11.4 Å². The first-order chi connectivity index (χ1) is 20.1. The second kappa shape index (κ2) is 16.9. The number of allylic oxidation sites excluding steroid dienone is 3. The van der Waals surface area contributed by atoms with Crippen LogP contribution in [0.1, 0.15) is 72.4 Å². The van der Waals surface area contributed by atoms with E-state index in [0.717, 1.165) is 53.3 Å². The number of thiophene rings is 1. The van der Waals surface area contributed by atoms with Crippen LogP contribution >= 0.6 is 20.7 Å². The summed E-state index contributed by atoms with van der Waals surface area (Å²) in [7, 11) is -1.70. The van der Waals surface area contributed by atoms with E-state index in [9.17, 15) is 0 Å². The molecule has 0 saturated heterocycles. The Labute approximate surface area is 260 Å². The van der Waals surface area contributed by atoms with Gasteiger partial charge in [0.2, 0.25) is 0 Å². The summed E-state index contributed by atoms with van der Waals surface area (Å²) in [6, 6.07) is 21.0. The minimum Gasteiger partial charge on any atom is -0.338 e. The molecule has 5 heteroatoms. The molecule has 0 saturated carbocycles. The standard InChI is InChI=1S/C22H23NS2.C13H20N2.C2H6/c1-5-18-11-13-20(14-12-18)22-21(15-16-24-22)25(3,4)23-17(2)19-9-7-6-8-10-19;1-6-12-8-7-10(4)13(11(5)15-12)14-9(2)3;1-2/h6-16,23H,2-5H2,1H3;6,10H,1,7-8H2,2-5H3;1-2H3. The molecular weight excluding hydrogens is 551 g/mol. The van der Waals surface area contributed by atoms with Gasteiger partial charge in [-0.05, 0) is 74.2 Å². The van der Waals surface area contributed by atoms with Crippen LogP contribution in [0.25, 0.3) is 16.1 Å². The lowest BCUT2D eigenvalue weighted by atomic mass is 10.0. The van der Waals surface area contributed by atoms with Crippen molar-refractivity contribution in [2.45, 2.75) is 72.6 Å². The Morgan fingerprint density at radius 2 is 1.71 bits per heavy atom. The molecule has 2 heterocycles. The van der Waals surface area contributed by atoms with Crippen molar-refractivity contribution in [3.63, 3.8) is 0 Å². The molecule has 0 fully saturated rings. The first-order valence-electron chi connectivity index (χ1n) is 14.7. The zero-order valence-corrected chi connectivity index (χ0v) is 28.3. The van der Waals surface area contributed by atoms with Crippen LogP contribution in [-0.2, 0) is 6.42 Å². The van der Waals surface area contributed by atoms with Gasteiger partial charge < -0.3 is 4.72 Å². The highest BCUT2D eigenvalue weighted by molar-refractivity contribution is 8.26. The monoisotopic (exact) mass is 599 g/mol. The Balaban J connectivity index is 0.000000311. The third kappa shape index (κ3) is 9.85. The van der Waals surface area contributed by atoms with Crippen molar-refractivity contribution >= 4 is 49.6 Å². The van der Waals surface area contributed by atoms with Crippen molar-refractivity contribution < 1.29 is 0 Å². The number of hydrogen-bond donors (Lipinski definition) is 1. The molecule has 1 unspecified atom stereocenters. The van der Waals surface area contributed by atoms with Crippen LogP contribution in [-0.4, -0.2) is 23.2 Å². The lowest BCUT2D eigenvalue weighted by molar-refractivity contribution is 0.625. The Morgan fingerprint density at radius 3 is 2.29 bits per heavy atom. The number of benzene rings is 2. The summed E-state index contributed by atoms with van der Waals surface area (Å²) in [5.74, 6) is 9.30. The lowest BCUT2D eigenvalue weighted by Crippen LogP contribution is -2.07. The maximum atomic E-state index is 4.58. The van der Waals surface area contributed by atoms with Crippen molar-refractivity contribution in [1.29, 1.82) is 0 Å². The summed E-state index contributed by atoms with van der Waals surface area (Å²) in [6.45, 7) is 22.4. The second-order valence-corrected chi connectivity index (χ2v) is 13.6. The molecule has 1 aliphatic heterocycles. The summed E-state index contributed by atoms with van der Waals surface area (Å²) >= 11 is 1.74. The van der Waals surface area contributed by atoms with Crippen LogP contribution in [0.4, 0.5) is 0 Å². The Bertz CT molecular complexity index is 1510. The van der Waals surface area contributed by atoms with Gasteiger partial charge in [-0.3, -0.25) is 9.98 Å². The molecule has 0 radical (unpaired) electrons. The normalized spacial score (nSPS) is 14.6. The molecular formula is C37H49N3S2. The number of hydrogen-bond acceptors (Lipinski definition) is 4. The van der Waals surface area contributed by atoms with Crippen LogP contribution in [0.15, 0.2) is 112 Å². The van der Waals surface area contributed by atoms with E-state index in [1.54, 1.807) is 11.3 Å². The van der Waals surface area contributed by atoms with Gasteiger partial charge in [0.1, 0.15) is 0 Å². The van der Waals surface area contributed by atoms with E-state index in [-0.39, 0.29) is 0 Å². The number of aliphatic imine (C=N–C) groups is 2. The Kier molecular flexibility index (Phi) is 14.0. The minimum absolute atomic E-state index is 0.487. The van der Waals surface area contributed by atoms with Crippen molar-refractivity contribution in [3.05, 3.63) is 108 Å². The topological polar surface area (TPSA) is 36.8 Å². The Hall–Kier alpha value is -3.41. The predicted octanol–water partition coefficient (Wildman–Crippen LogP) is 11.0. The first kappa shape index (κ1) is 34.8. The average molecular weight is 600 g/mol. The SMILES string of the molecule is C=C(NS(=C)(=C)c1ccsc1-c1ccc(CC)cc1)c1ccccc1.C=CC1=NC(C)=C(N=C(C)C)C(C)CC1.CC. The van der Waals surface area contributed by atoms with E-state index in [1.807, 2.05) is 71.0 Å². The molecule has 224 valence electrons. The molecule has 3 aromatic rings. The fraction of sp³-hybridized carbons (Fsp3) is 0.297. The molecule has 1 aliphatic rings. The van der Waals surface area contributed by atoms with Crippen LogP contribution in [0.2, 0.25) is 0 Å². The molecule has 42 heavy (non-hydrogen) atoms. The van der Waals surface area contributed by atoms with E-state index in [1.165, 1.54) is 20.9 Å². The predicted molar refractivity (Wildman–Crippen MR) is 197 cm³/mol. The van der Waals surface area contributed by atoms with E-state index in [0.29, 0.717) is 5.92 Å². The van der Waals surface area contributed by atoms with Gasteiger partial charge in [0.15, 0.2) is 0 Å². The van der Waals surface area contributed by atoms with Crippen LogP contribution in [0, 0.1) is 5.92 Å². The van der Waals surface area contributed by atoms with Crippen LogP contribution < -0.4 is 4.72 Å². The van der Waals surface area contributed by atoms with E-state index >= 15 is 0 Å². The quantitative estimate of drug-likeness (QED) is 0.203. The zero-order valence-electron chi connectivity index (χ0n) is 26.7. The molecule has 0 spiro atoms. The number of nitrogens with one attached hydrogen (secondary N) is 1. The van der Waals surface area contributed by atoms with E-state index in [2.05, 4.69) is 89.2 Å². The number of rotatable bonds is 8. The van der Waals surface area contributed by atoms with Crippen molar-refractivity contribution in [2.75, 3.05) is 0 Å². The Morgan fingerprint density at radius 1 is 1.07 bits per heavy atom. The summed E-state index contributed by atoms with van der Waals surface area (Å²) in [4.78, 5) is 11.5. The van der Waals surface area contributed by atoms with E-state index < -0.39 is 9.39 Å². The molecule has 1 aromatic heterocycles. The van der Waals surface area contributed by atoms with Crippen molar-refractivity contribution in [1.82, 2.24) is 4.72 Å². The number of aryl methyl sites for hydroxylation is 1. The molecule has 0 aliphatic carbocycles. The minimum atomic E-state index is -1.70. The zero-order chi connectivity index (χ0) is 31.3. The maximum absolute atomic E-state index is 4.58. The molecule has 2 aromatic carbocycles. The summed E-state index contributed by atoms with van der Waals surface area (Å²) in [5, 5.41) is 2.11. The fourth-order valence-corrected chi connectivity index (χ4v) is 7.47. The summed E-state index contributed by atoms with van der Waals surface area (Å²) < 4.78 is 3.48. The van der Waals surface area contributed by atoms with Gasteiger partial charge in [-0.2, -0.15) is 0 Å². The number of nitrogens with zero attached hydrogens (tertiary/aromatic N) is 2. The van der Waals surface area contributed by atoms with Gasteiger partial charge >= 0.3 is 0 Å². The van der Waals surface area contributed by atoms with Crippen molar-refractivity contribution in [3.8, 4) is 10.4 Å². The highest BCUT2D eigenvalue weighted by Crippen LogP contribution is 2.42. The smallest absolute Gasteiger partial charge is 0.0642 e. The van der Waals surface area contributed by atoms with Gasteiger partial charge in [0.25, 0.3) is 0 Å². The van der Waals surface area contributed by atoms with Gasteiger partial charge in [-0.1, -0.05) is 107 Å². The lowest BCUT2D eigenvalue weighted by Gasteiger charge is -2.21. The van der Waals surface area contributed by atoms with Gasteiger partial charge in [0, 0.05) is 32.8 Å². The largest absolute Gasteiger partial charge is 0.338 e. The van der Waals surface area contributed by atoms with Crippen LogP contribution in [0.3, 0.4) is 0 Å². The molecule has 0 bridgehead atoms. The van der Waals surface area contributed by atoms with E-state index in [4.69, 9.17) is 0 Å². The average Bonchev–Trinajstić information content (AvgIpc) is 3.46. The third-order valence-electron chi connectivity index (χ3n) is 6.68. The third-order valence-corrected chi connectivity index (χ3v) is 9.59. The molecule has 1 N–H and O–H groups in total.